The summed E-state index contributed by atoms with van der Waals surface area (Å²) in [4.78, 5) is 12.8. The molecule has 1 amide bonds. The van der Waals surface area contributed by atoms with Crippen LogP contribution in [0, 0.1) is 5.92 Å². The maximum absolute atomic E-state index is 11.1. The first-order valence-electron chi connectivity index (χ1n) is 5.02. The van der Waals surface area contributed by atoms with E-state index in [1.54, 1.807) is 4.90 Å². The molecule has 14 heavy (non-hydrogen) atoms. The number of hydrogen-bond acceptors (Lipinski definition) is 4. The minimum atomic E-state index is -0.237. The molecule has 0 aliphatic carbocycles. The van der Waals surface area contributed by atoms with Crippen molar-refractivity contribution in [2.75, 3.05) is 32.9 Å². The summed E-state index contributed by atoms with van der Waals surface area (Å²) in [5.41, 5.74) is 5.99. The highest BCUT2D eigenvalue weighted by Crippen LogP contribution is 2.17. The van der Waals surface area contributed by atoms with Crippen LogP contribution < -0.4 is 5.73 Å². The second-order valence-electron chi connectivity index (χ2n) is 3.85. The molecule has 2 heterocycles. The summed E-state index contributed by atoms with van der Waals surface area (Å²) in [6, 6.07) is 0.0168. The molecular formula is C9H16N2O3. The van der Waals surface area contributed by atoms with Crippen LogP contribution in [0.15, 0.2) is 0 Å². The summed E-state index contributed by atoms with van der Waals surface area (Å²) in [6.07, 6.45) is 0.767. The van der Waals surface area contributed by atoms with Crippen LogP contribution in [0.25, 0.3) is 0 Å². The van der Waals surface area contributed by atoms with Crippen molar-refractivity contribution in [2.45, 2.75) is 12.5 Å². The van der Waals surface area contributed by atoms with Gasteiger partial charge in [0.05, 0.1) is 13.2 Å². The smallest absolute Gasteiger partial charge is 0.409 e. The summed E-state index contributed by atoms with van der Waals surface area (Å²) in [5.74, 6) is 0.392. The number of carbonyl (C=O) groups is 1. The molecule has 0 aromatic heterocycles. The Hall–Kier alpha value is -0.810. The maximum Gasteiger partial charge on any atom is 0.409 e. The number of rotatable bonds is 3. The molecular weight excluding hydrogens is 184 g/mol. The zero-order valence-electron chi connectivity index (χ0n) is 8.15. The fourth-order valence-electron chi connectivity index (χ4n) is 1.89. The monoisotopic (exact) mass is 200 g/mol. The molecule has 5 nitrogen and oxygen atoms in total. The standard InChI is InChI=1S/C9H16N2O3/c10-8(7-1-3-13-6-7)5-11-2-4-14-9(11)12/h7-8H,1-6,10H2. The van der Waals surface area contributed by atoms with E-state index in [2.05, 4.69) is 0 Å². The lowest BCUT2D eigenvalue weighted by molar-refractivity contribution is 0.151. The Morgan fingerprint density at radius 3 is 3.00 bits per heavy atom. The number of ether oxygens (including phenoxy) is 2. The van der Waals surface area contributed by atoms with Gasteiger partial charge in [-0.1, -0.05) is 0 Å². The molecule has 0 saturated carbocycles. The fourth-order valence-corrected chi connectivity index (χ4v) is 1.89. The van der Waals surface area contributed by atoms with E-state index in [4.69, 9.17) is 15.2 Å². The van der Waals surface area contributed by atoms with Crippen molar-refractivity contribution in [3.63, 3.8) is 0 Å². The number of cyclic esters (lactones) is 1. The van der Waals surface area contributed by atoms with Gasteiger partial charge in [-0.05, 0) is 6.42 Å². The van der Waals surface area contributed by atoms with E-state index in [9.17, 15) is 4.79 Å². The van der Waals surface area contributed by atoms with Gasteiger partial charge >= 0.3 is 6.09 Å². The number of nitrogens with zero attached hydrogens (tertiary/aromatic N) is 1. The molecule has 2 aliphatic heterocycles. The van der Waals surface area contributed by atoms with Crippen molar-refractivity contribution >= 4 is 6.09 Å². The van der Waals surface area contributed by atoms with Crippen LogP contribution in [0.2, 0.25) is 0 Å². The van der Waals surface area contributed by atoms with Gasteiger partial charge in [-0.25, -0.2) is 4.79 Å². The van der Waals surface area contributed by atoms with Gasteiger partial charge in [0.1, 0.15) is 6.61 Å². The lowest BCUT2D eigenvalue weighted by atomic mass is 10.00. The van der Waals surface area contributed by atoms with Crippen molar-refractivity contribution in [3.8, 4) is 0 Å². The topological polar surface area (TPSA) is 64.8 Å². The maximum atomic E-state index is 11.1. The highest BCUT2D eigenvalue weighted by Gasteiger charge is 2.29. The van der Waals surface area contributed by atoms with E-state index in [0.717, 1.165) is 19.6 Å². The summed E-state index contributed by atoms with van der Waals surface area (Å²) < 4.78 is 10.1. The molecule has 2 aliphatic rings. The molecule has 2 N–H and O–H groups in total. The molecule has 2 saturated heterocycles. The molecule has 0 spiro atoms. The SMILES string of the molecule is NC(CN1CCOC1=O)C1CCOC1. The Kier molecular flexibility index (Phi) is 2.88. The van der Waals surface area contributed by atoms with Crippen molar-refractivity contribution in [1.29, 1.82) is 0 Å². The number of nitrogens with two attached hydrogens (primary N) is 1. The summed E-state index contributed by atoms with van der Waals surface area (Å²) in [7, 11) is 0. The Balaban J connectivity index is 1.80. The third-order valence-corrected chi connectivity index (χ3v) is 2.85. The molecule has 0 aromatic rings. The molecule has 2 rings (SSSR count). The summed E-state index contributed by atoms with van der Waals surface area (Å²) in [6.45, 7) is 3.27. The largest absolute Gasteiger partial charge is 0.448 e. The van der Waals surface area contributed by atoms with Crippen molar-refractivity contribution in [3.05, 3.63) is 0 Å². The molecule has 2 fully saturated rings. The number of amides is 1. The van der Waals surface area contributed by atoms with E-state index in [1.165, 1.54) is 0 Å². The van der Waals surface area contributed by atoms with Gasteiger partial charge in [-0.15, -0.1) is 0 Å². The van der Waals surface area contributed by atoms with Crippen LogP contribution in [-0.4, -0.2) is 49.9 Å². The van der Waals surface area contributed by atoms with Crippen LogP contribution in [0.3, 0.4) is 0 Å². The molecule has 2 unspecified atom stereocenters. The first-order chi connectivity index (χ1) is 6.77. The normalized spacial score (nSPS) is 29.4. The van der Waals surface area contributed by atoms with E-state index in [-0.39, 0.29) is 12.1 Å². The van der Waals surface area contributed by atoms with E-state index in [0.29, 0.717) is 25.6 Å². The summed E-state index contributed by atoms with van der Waals surface area (Å²) in [5, 5.41) is 0. The Labute approximate surface area is 83.1 Å². The first-order valence-corrected chi connectivity index (χ1v) is 5.02. The van der Waals surface area contributed by atoms with E-state index < -0.39 is 0 Å². The molecule has 80 valence electrons. The molecule has 5 heteroatoms. The number of hydrogen-bond donors (Lipinski definition) is 1. The average Bonchev–Trinajstić information content (AvgIpc) is 2.77. The minimum absolute atomic E-state index is 0.0168. The second kappa shape index (κ2) is 4.14. The van der Waals surface area contributed by atoms with E-state index in [1.807, 2.05) is 0 Å². The van der Waals surface area contributed by atoms with Gasteiger partial charge in [0.25, 0.3) is 0 Å². The predicted molar refractivity (Wildman–Crippen MR) is 49.8 cm³/mol. The molecule has 0 bridgehead atoms. The molecule has 2 atom stereocenters. The van der Waals surface area contributed by atoms with Crippen molar-refractivity contribution in [1.82, 2.24) is 4.90 Å². The molecule has 0 radical (unpaired) electrons. The fraction of sp³-hybridized carbons (Fsp3) is 0.889. The van der Waals surface area contributed by atoms with Gasteiger partial charge < -0.3 is 20.1 Å². The zero-order valence-corrected chi connectivity index (χ0v) is 8.15. The van der Waals surface area contributed by atoms with Gasteiger partial charge in [0.15, 0.2) is 0 Å². The van der Waals surface area contributed by atoms with Gasteiger partial charge in [-0.2, -0.15) is 0 Å². The van der Waals surface area contributed by atoms with E-state index >= 15 is 0 Å². The zero-order chi connectivity index (χ0) is 9.97. The van der Waals surface area contributed by atoms with Crippen molar-refractivity contribution in [2.24, 2.45) is 11.7 Å². The van der Waals surface area contributed by atoms with Crippen LogP contribution in [0.1, 0.15) is 6.42 Å². The lowest BCUT2D eigenvalue weighted by Gasteiger charge is -2.22. The van der Waals surface area contributed by atoms with Crippen LogP contribution in [-0.2, 0) is 9.47 Å². The van der Waals surface area contributed by atoms with Gasteiger partial charge in [0.2, 0.25) is 0 Å². The average molecular weight is 200 g/mol. The lowest BCUT2D eigenvalue weighted by Crippen LogP contribution is -2.42. The van der Waals surface area contributed by atoms with Crippen LogP contribution in [0.5, 0.6) is 0 Å². The Bertz CT molecular complexity index is 216. The number of carbonyl (C=O) groups excluding carboxylic acids is 1. The van der Waals surface area contributed by atoms with Gasteiger partial charge in [-0.3, -0.25) is 0 Å². The quantitative estimate of drug-likeness (QED) is 0.685. The first kappa shape index (κ1) is 9.73. The molecule has 0 aromatic carbocycles. The Morgan fingerprint density at radius 2 is 2.43 bits per heavy atom. The Morgan fingerprint density at radius 1 is 1.57 bits per heavy atom. The predicted octanol–water partition coefficient (Wildman–Crippen LogP) is -0.198. The van der Waals surface area contributed by atoms with Gasteiger partial charge in [0, 0.05) is 25.1 Å². The van der Waals surface area contributed by atoms with Crippen LogP contribution in [0.4, 0.5) is 4.79 Å². The highest BCUT2D eigenvalue weighted by molar-refractivity contribution is 5.69. The van der Waals surface area contributed by atoms with Crippen molar-refractivity contribution < 1.29 is 14.3 Å². The summed E-state index contributed by atoms with van der Waals surface area (Å²) >= 11 is 0. The third kappa shape index (κ3) is 1.99. The second-order valence-corrected chi connectivity index (χ2v) is 3.85. The third-order valence-electron chi connectivity index (χ3n) is 2.85. The highest BCUT2D eigenvalue weighted by atomic mass is 16.6. The minimum Gasteiger partial charge on any atom is -0.448 e. The van der Waals surface area contributed by atoms with Crippen LogP contribution >= 0.6 is 0 Å².